The zero-order chi connectivity index (χ0) is 15.5. The smallest absolute Gasteiger partial charge is 0.0543 e. The van der Waals surface area contributed by atoms with Crippen LogP contribution in [0.2, 0.25) is 0 Å². The average molecular weight is 305 g/mol. The molecule has 22 heavy (non-hydrogen) atoms. The summed E-state index contributed by atoms with van der Waals surface area (Å²) >= 11 is 0. The van der Waals surface area contributed by atoms with Crippen molar-refractivity contribution in [2.45, 2.75) is 91.1 Å². The van der Waals surface area contributed by atoms with E-state index in [2.05, 4.69) is 20.8 Å². The molecule has 0 aliphatic heterocycles. The van der Waals surface area contributed by atoms with E-state index in [-0.39, 0.29) is 6.10 Å². The van der Waals surface area contributed by atoms with E-state index in [1.807, 2.05) is 0 Å². The van der Waals surface area contributed by atoms with Crippen LogP contribution in [0.25, 0.3) is 0 Å². The first kappa shape index (κ1) is 15.5. The van der Waals surface area contributed by atoms with E-state index in [0.29, 0.717) is 10.8 Å². The molecule has 4 rings (SSSR count). The van der Waals surface area contributed by atoms with E-state index >= 15 is 0 Å². The van der Waals surface area contributed by atoms with Crippen LogP contribution in [0.1, 0.15) is 85.0 Å². The van der Waals surface area contributed by atoms with Gasteiger partial charge >= 0.3 is 0 Å². The van der Waals surface area contributed by atoms with Gasteiger partial charge in [0.05, 0.1) is 6.10 Å². The zero-order valence-corrected chi connectivity index (χ0v) is 15.0. The Morgan fingerprint density at radius 3 is 2.36 bits per heavy atom. The highest BCUT2D eigenvalue weighted by atomic mass is 16.3. The average Bonchev–Trinajstić information content (AvgIpc) is 2.84. The number of hydrogen-bond acceptors (Lipinski definition) is 1. The Kier molecular flexibility index (Phi) is 3.68. The van der Waals surface area contributed by atoms with Crippen LogP contribution in [0.4, 0.5) is 0 Å². The first-order chi connectivity index (χ1) is 10.5. The van der Waals surface area contributed by atoms with E-state index in [1.54, 1.807) is 0 Å². The monoisotopic (exact) mass is 304 g/mol. The summed E-state index contributed by atoms with van der Waals surface area (Å²) in [6.45, 7) is 7.68. The molecule has 0 heterocycles. The fourth-order valence-corrected chi connectivity index (χ4v) is 8.01. The minimum absolute atomic E-state index is 0.000524. The summed E-state index contributed by atoms with van der Waals surface area (Å²) in [5.41, 5.74) is 1.21. The van der Waals surface area contributed by atoms with Gasteiger partial charge < -0.3 is 5.11 Å². The van der Waals surface area contributed by atoms with Crippen molar-refractivity contribution in [3.63, 3.8) is 0 Å². The normalized spacial score (nSPS) is 57.8. The van der Waals surface area contributed by atoms with Crippen molar-refractivity contribution in [3.05, 3.63) is 0 Å². The Bertz CT molecular complexity index is 432. The second-order valence-corrected chi connectivity index (χ2v) is 9.81. The van der Waals surface area contributed by atoms with Crippen molar-refractivity contribution in [2.75, 3.05) is 0 Å². The summed E-state index contributed by atoms with van der Waals surface area (Å²) in [5.74, 6) is 4.79. The molecule has 1 heteroatoms. The van der Waals surface area contributed by atoms with Crippen LogP contribution in [0.5, 0.6) is 0 Å². The molecular formula is C21H36O. The molecule has 126 valence electrons. The highest BCUT2D eigenvalue weighted by molar-refractivity contribution is 5.08. The molecule has 4 saturated carbocycles. The second kappa shape index (κ2) is 5.23. The molecule has 1 nitrogen and oxygen atoms in total. The SMILES string of the molecule is CC[C@@H]1CC[C@@H]2[C@@H]3CC[C@H]4C[C@H](O)CC[C@]4(C)[C@H]3CC[C@@]12C. The van der Waals surface area contributed by atoms with Crippen molar-refractivity contribution in [2.24, 2.45) is 40.4 Å². The molecule has 0 bridgehead atoms. The van der Waals surface area contributed by atoms with Gasteiger partial charge in [0, 0.05) is 0 Å². The maximum Gasteiger partial charge on any atom is 0.0543 e. The van der Waals surface area contributed by atoms with Crippen LogP contribution in [0.3, 0.4) is 0 Å². The Morgan fingerprint density at radius 1 is 0.864 bits per heavy atom. The summed E-state index contributed by atoms with van der Waals surface area (Å²) in [4.78, 5) is 0. The number of rotatable bonds is 1. The fourth-order valence-electron chi connectivity index (χ4n) is 8.01. The highest BCUT2D eigenvalue weighted by Crippen LogP contribution is 2.67. The predicted octanol–water partition coefficient (Wildman–Crippen LogP) is 5.42. The summed E-state index contributed by atoms with van der Waals surface area (Å²) < 4.78 is 0. The van der Waals surface area contributed by atoms with E-state index < -0.39 is 0 Å². The molecule has 8 atom stereocenters. The molecular weight excluding hydrogens is 268 g/mol. The molecule has 0 spiro atoms. The maximum atomic E-state index is 10.1. The summed E-state index contributed by atoms with van der Waals surface area (Å²) in [5, 5.41) is 10.1. The van der Waals surface area contributed by atoms with E-state index in [9.17, 15) is 5.11 Å². The molecule has 0 unspecified atom stereocenters. The minimum Gasteiger partial charge on any atom is -0.393 e. The molecule has 0 saturated heterocycles. The van der Waals surface area contributed by atoms with Gasteiger partial charge in [0.2, 0.25) is 0 Å². The largest absolute Gasteiger partial charge is 0.393 e. The summed E-state index contributed by atoms with van der Waals surface area (Å²) in [6, 6.07) is 0. The van der Waals surface area contributed by atoms with Gasteiger partial charge in [0.1, 0.15) is 0 Å². The first-order valence-electron chi connectivity index (χ1n) is 10.2. The lowest BCUT2D eigenvalue weighted by Gasteiger charge is -2.61. The van der Waals surface area contributed by atoms with Crippen molar-refractivity contribution in [3.8, 4) is 0 Å². The van der Waals surface area contributed by atoms with Gasteiger partial charge in [0.25, 0.3) is 0 Å². The second-order valence-electron chi connectivity index (χ2n) is 9.81. The Morgan fingerprint density at radius 2 is 1.59 bits per heavy atom. The number of fused-ring (bicyclic) bond motifs is 5. The molecule has 4 aliphatic rings. The third kappa shape index (κ3) is 2.00. The van der Waals surface area contributed by atoms with Crippen LogP contribution in [0, 0.1) is 40.4 Å². The lowest BCUT2D eigenvalue weighted by atomic mass is 9.44. The highest BCUT2D eigenvalue weighted by Gasteiger charge is 2.59. The van der Waals surface area contributed by atoms with Gasteiger partial charge in [-0.1, -0.05) is 27.2 Å². The van der Waals surface area contributed by atoms with Gasteiger partial charge in [-0.05, 0) is 98.2 Å². The molecule has 0 aromatic heterocycles. The Labute approximate surface area is 137 Å². The van der Waals surface area contributed by atoms with Gasteiger partial charge in [0.15, 0.2) is 0 Å². The first-order valence-corrected chi connectivity index (χ1v) is 10.2. The van der Waals surface area contributed by atoms with Crippen LogP contribution in [0.15, 0.2) is 0 Å². The molecule has 4 aliphatic carbocycles. The van der Waals surface area contributed by atoms with E-state index in [0.717, 1.165) is 42.4 Å². The van der Waals surface area contributed by atoms with Crippen molar-refractivity contribution >= 4 is 0 Å². The van der Waals surface area contributed by atoms with Crippen LogP contribution < -0.4 is 0 Å². The Hall–Kier alpha value is -0.0400. The number of hydrogen-bond donors (Lipinski definition) is 1. The van der Waals surface area contributed by atoms with E-state index in [4.69, 9.17) is 0 Å². The predicted molar refractivity (Wildman–Crippen MR) is 91.5 cm³/mol. The molecule has 0 aromatic rings. The van der Waals surface area contributed by atoms with Crippen molar-refractivity contribution < 1.29 is 5.11 Å². The van der Waals surface area contributed by atoms with Crippen LogP contribution >= 0.6 is 0 Å². The van der Waals surface area contributed by atoms with Crippen LogP contribution in [-0.2, 0) is 0 Å². The number of aliphatic hydroxyl groups is 1. The molecule has 4 fully saturated rings. The summed E-state index contributed by atoms with van der Waals surface area (Å²) in [6.07, 6.45) is 13.7. The zero-order valence-electron chi connectivity index (χ0n) is 15.0. The van der Waals surface area contributed by atoms with Gasteiger partial charge in [-0.2, -0.15) is 0 Å². The molecule has 0 aromatic carbocycles. The van der Waals surface area contributed by atoms with Crippen LogP contribution in [-0.4, -0.2) is 11.2 Å². The number of aliphatic hydroxyl groups excluding tert-OH is 1. The van der Waals surface area contributed by atoms with E-state index in [1.165, 1.54) is 51.4 Å². The van der Waals surface area contributed by atoms with Gasteiger partial charge in [-0.3, -0.25) is 0 Å². The van der Waals surface area contributed by atoms with Gasteiger partial charge in [-0.25, -0.2) is 0 Å². The fraction of sp³-hybridized carbons (Fsp3) is 1.00. The molecule has 1 N–H and O–H groups in total. The quantitative estimate of drug-likeness (QED) is 0.686. The van der Waals surface area contributed by atoms with Gasteiger partial charge in [-0.15, -0.1) is 0 Å². The standard InChI is InChI=1S/C21H36O/c1-4-14-6-8-18-17-7-5-15-13-16(22)9-11-21(15,3)19(17)10-12-20(14,18)2/h14-19,22H,4-13H2,1-3H3/t14-,15+,16-,17+,18-,19+,20+,21+/m1/s1. The van der Waals surface area contributed by atoms with Crippen molar-refractivity contribution in [1.29, 1.82) is 0 Å². The topological polar surface area (TPSA) is 20.2 Å². The third-order valence-corrected chi connectivity index (χ3v) is 9.33. The lowest BCUT2D eigenvalue weighted by molar-refractivity contribution is -0.126. The summed E-state index contributed by atoms with van der Waals surface area (Å²) in [7, 11) is 0. The Balaban J connectivity index is 1.61. The van der Waals surface area contributed by atoms with Crippen molar-refractivity contribution in [1.82, 2.24) is 0 Å². The molecule has 0 amide bonds. The third-order valence-electron chi connectivity index (χ3n) is 9.33. The molecule has 0 radical (unpaired) electrons. The lowest BCUT2D eigenvalue weighted by Crippen LogP contribution is -2.53. The maximum absolute atomic E-state index is 10.1. The minimum atomic E-state index is -0.000524.